The van der Waals surface area contributed by atoms with Crippen LogP contribution in [0.25, 0.3) is 0 Å². The van der Waals surface area contributed by atoms with Crippen LogP contribution in [0.4, 0.5) is 5.69 Å². The number of carbonyl (C=O) groups is 1. The number of aromatic nitrogens is 1. The standard InChI is InChI=1S/C22H22N2O3/c1-3-17-9-11-19(12-10-17)23-21(25)20-8-5-13-24(22(20)26)27-15-18-7-4-6-16(2)14-18/h4-14H,3,15H2,1-2H3,(H,23,25). The zero-order chi connectivity index (χ0) is 19.2. The van der Waals surface area contributed by atoms with Gasteiger partial charge in [-0.15, -0.1) is 0 Å². The highest BCUT2D eigenvalue weighted by Gasteiger charge is 2.13. The van der Waals surface area contributed by atoms with Crippen molar-refractivity contribution >= 4 is 11.6 Å². The number of hydrogen-bond acceptors (Lipinski definition) is 3. The fraction of sp³-hybridized carbons (Fsp3) is 0.182. The van der Waals surface area contributed by atoms with Gasteiger partial charge >= 0.3 is 0 Å². The summed E-state index contributed by atoms with van der Waals surface area (Å²) >= 11 is 0. The van der Waals surface area contributed by atoms with Crippen LogP contribution in [-0.4, -0.2) is 10.6 Å². The van der Waals surface area contributed by atoms with E-state index in [0.717, 1.165) is 22.3 Å². The lowest BCUT2D eigenvalue weighted by Gasteiger charge is -2.11. The SMILES string of the molecule is CCc1ccc(NC(=O)c2cccn(OCc3cccc(C)c3)c2=O)cc1. The van der Waals surface area contributed by atoms with Crippen molar-refractivity contribution < 1.29 is 9.63 Å². The monoisotopic (exact) mass is 362 g/mol. The summed E-state index contributed by atoms with van der Waals surface area (Å²) in [6, 6.07) is 18.5. The van der Waals surface area contributed by atoms with Gasteiger partial charge in [-0.3, -0.25) is 9.59 Å². The highest BCUT2D eigenvalue weighted by Crippen LogP contribution is 2.11. The van der Waals surface area contributed by atoms with Gasteiger partial charge in [0.15, 0.2) is 0 Å². The summed E-state index contributed by atoms with van der Waals surface area (Å²) in [5.74, 6) is -0.460. The molecule has 27 heavy (non-hydrogen) atoms. The third kappa shape index (κ3) is 4.64. The molecule has 0 atom stereocenters. The highest BCUT2D eigenvalue weighted by molar-refractivity contribution is 6.03. The number of hydrogen-bond donors (Lipinski definition) is 1. The van der Waals surface area contributed by atoms with Gasteiger partial charge in [0.1, 0.15) is 12.2 Å². The molecule has 138 valence electrons. The first-order valence-electron chi connectivity index (χ1n) is 8.87. The van der Waals surface area contributed by atoms with Gasteiger partial charge in [0.25, 0.3) is 11.5 Å². The lowest BCUT2D eigenvalue weighted by molar-refractivity contribution is 0.0863. The Balaban J connectivity index is 1.73. The Morgan fingerprint density at radius 3 is 2.52 bits per heavy atom. The van der Waals surface area contributed by atoms with Crippen molar-refractivity contribution in [3.8, 4) is 0 Å². The van der Waals surface area contributed by atoms with Gasteiger partial charge in [0.05, 0.1) is 0 Å². The van der Waals surface area contributed by atoms with Crippen LogP contribution in [0.5, 0.6) is 0 Å². The van der Waals surface area contributed by atoms with E-state index in [-0.39, 0.29) is 12.2 Å². The summed E-state index contributed by atoms with van der Waals surface area (Å²) in [5.41, 5.74) is 3.43. The molecule has 0 fully saturated rings. The molecule has 5 heteroatoms. The number of benzene rings is 2. The van der Waals surface area contributed by atoms with Crippen molar-refractivity contribution in [1.82, 2.24) is 4.73 Å². The van der Waals surface area contributed by atoms with Gasteiger partial charge < -0.3 is 10.2 Å². The number of carbonyl (C=O) groups excluding carboxylic acids is 1. The molecule has 0 unspecified atom stereocenters. The molecule has 0 saturated heterocycles. The zero-order valence-corrected chi connectivity index (χ0v) is 15.4. The molecule has 5 nitrogen and oxygen atoms in total. The fourth-order valence-corrected chi connectivity index (χ4v) is 2.72. The molecule has 1 aromatic heterocycles. The van der Waals surface area contributed by atoms with E-state index in [1.807, 2.05) is 55.5 Å². The number of nitrogens with one attached hydrogen (secondary N) is 1. The highest BCUT2D eigenvalue weighted by atomic mass is 16.7. The maximum Gasteiger partial charge on any atom is 0.295 e. The van der Waals surface area contributed by atoms with Crippen LogP contribution in [0.3, 0.4) is 0 Å². The second kappa shape index (κ2) is 8.36. The van der Waals surface area contributed by atoms with Crippen molar-refractivity contribution in [1.29, 1.82) is 0 Å². The van der Waals surface area contributed by atoms with Crippen LogP contribution in [0, 0.1) is 6.92 Å². The molecule has 0 aliphatic rings. The fourth-order valence-electron chi connectivity index (χ4n) is 2.72. The first kappa shape index (κ1) is 18.5. The largest absolute Gasteiger partial charge is 0.406 e. The molecule has 0 spiro atoms. The summed E-state index contributed by atoms with van der Waals surface area (Å²) < 4.78 is 1.09. The van der Waals surface area contributed by atoms with E-state index in [1.54, 1.807) is 6.07 Å². The number of nitrogens with zero attached hydrogens (tertiary/aromatic N) is 1. The van der Waals surface area contributed by atoms with Crippen molar-refractivity contribution in [3.05, 3.63) is 99.5 Å². The third-order valence-corrected chi connectivity index (χ3v) is 4.23. The van der Waals surface area contributed by atoms with Gasteiger partial charge in [-0.2, -0.15) is 4.73 Å². The van der Waals surface area contributed by atoms with Crippen molar-refractivity contribution in [2.24, 2.45) is 0 Å². The van der Waals surface area contributed by atoms with E-state index in [2.05, 4.69) is 12.2 Å². The van der Waals surface area contributed by atoms with E-state index in [9.17, 15) is 9.59 Å². The Kier molecular flexibility index (Phi) is 5.71. The summed E-state index contributed by atoms with van der Waals surface area (Å²) in [6.45, 7) is 4.30. The third-order valence-electron chi connectivity index (χ3n) is 4.23. The van der Waals surface area contributed by atoms with Gasteiger partial charge in [0, 0.05) is 11.9 Å². The van der Waals surface area contributed by atoms with Gasteiger partial charge in [-0.1, -0.05) is 48.9 Å². The minimum atomic E-state index is -0.493. The molecule has 3 aromatic rings. The first-order valence-corrected chi connectivity index (χ1v) is 8.87. The molecular weight excluding hydrogens is 340 g/mol. The Morgan fingerprint density at radius 2 is 1.81 bits per heavy atom. The van der Waals surface area contributed by atoms with E-state index in [0.29, 0.717) is 5.69 Å². The van der Waals surface area contributed by atoms with E-state index in [4.69, 9.17) is 4.84 Å². The Morgan fingerprint density at radius 1 is 1.04 bits per heavy atom. The van der Waals surface area contributed by atoms with Crippen LogP contribution < -0.4 is 15.7 Å². The number of anilines is 1. The van der Waals surface area contributed by atoms with Gasteiger partial charge in [0.2, 0.25) is 0 Å². The molecule has 2 aromatic carbocycles. The second-order valence-electron chi connectivity index (χ2n) is 6.32. The number of amides is 1. The Bertz CT molecular complexity index is 991. The second-order valence-corrected chi connectivity index (χ2v) is 6.32. The van der Waals surface area contributed by atoms with Gasteiger partial charge in [-0.05, 0) is 48.7 Å². The van der Waals surface area contributed by atoms with E-state index >= 15 is 0 Å². The molecule has 0 aliphatic heterocycles. The normalized spacial score (nSPS) is 10.4. The first-order chi connectivity index (χ1) is 13.1. The molecular formula is C22H22N2O3. The maximum absolute atomic E-state index is 12.6. The van der Waals surface area contributed by atoms with Crippen LogP contribution in [-0.2, 0) is 13.0 Å². The summed E-state index contributed by atoms with van der Waals surface area (Å²) in [7, 11) is 0. The minimum absolute atomic E-state index is 0.0290. The minimum Gasteiger partial charge on any atom is -0.406 e. The zero-order valence-electron chi connectivity index (χ0n) is 15.4. The number of pyridine rings is 1. The summed E-state index contributed by atoms with van der Waals surface area (Å²) in [4.78, 5) is 30.6. The molecule has 0 bridgehead atoms. The average Bonchev–Trinajstić information content (AvgIpc) is 2.68. The van der Waals surface area contributed by atoms with Crippen LogP contribution >= 0.6 is 0 Å². The molecule has 0 saturated carbocycles. The molecule has 1 heterocycles. The molecule has 3 rings (SSSR count). The van der Waals surface area contributed by atoms with E-state index in [1.165, 1.54) is 17.8 Å². The van der Waals surface area contributed by atoms with E-state index < -0.39 is 11.5 Å². The Labute approximate surface area is 158 Å². The molecule has 0 aliphatic carbocycles. The Hall–Kier alpha value is -3.34. The predicted octanol–water partition coefficient (Wildman–Crippen LogP) is 3.60. The molecule has 1 amide bonds. The van der Waals surface area contributed by atoms with Crippen molar-refractivity contribution in [2.75, 3.05) is 5.32 Å². The molecule has 0 radical (unpaired) electrons. The lowest BCUT2D eigenvalue weighted by atomic mass is 10.1. The maximum atomic E-state index is 12.6. The molecule has 1 N–H and O–H groups in total. The lowest BCUT2D eigenvalue weighted by Crippen LogP contribution is -2.32. The summed E-state index contributed by atoms with van der Waals surface area (Å²) in [6.07, 6.45) is 2.43. The summed E-state index contributed by atoms with van der Waals surface area (Å²) in [5, 5.41) is 2.75. The predicted molar refractivity (Wildman–Crippen MR) is 106 cm³/mol. The number of aryl methyl sites for hydroxylation is 2. The average molecular weight is 362 g/mol. The van der Waals surface area contributed by atoms with Gasteiger partial charge in [-0.25, -0.2) is 0 Å². The van der Waals surface area contributed by atoms with Crippen molar-refractivity contribution in [3.63, 3.8) is 0 Å². The van der Waals surface area contributed by atoms with Crippen LogP contribution in [0.15, 0.2) is 71.7 Å². The topological polar surface area (TPSA) is 60.3 Å². The van der Waals surface area contributed by atoms with Crippen molar-refractivity contribution in [2.45, 2.75) is 26.9 Å². The number of rotatable bonds is 6. The van der Waals surface area contributed by atoms with Crippen LogP contribution in [0.1, 0.15) is 34.0 Å². The smallest absolute Gasteiger partial charge is 0.295 e. The van der Waals surface area contributed by atoms with Crippen LogP contribution in [0.2, 0.25) is 0 Å². The quantitative estimate of drug-likeness (QED) is 0.729.